The van der Waals surface area contributed by atoms with Crippen molar-refractivity contribution in [2.45, 2.75) is 58.2 Å². The number of rotatable bonds is 3. The molecule has 94 valence electrons. The number of likely N-dealkylation sites (tertiary alicyclic amines) is 1. The van der Waals surface area contributed by atoms with Crippen LogP contribution in [0, 0.1) is 13.8 Å². The van der Waals surface area contributed by atoms with Crippen molar-refractivity contribution >= 4 is 5.69 Å². The molecule has 4 heteroatoms. The number of anilines is 1. The van der Waals surface area contributed by atoms with Gasteiger partial charge in [0.1, 0.15) is 0 Å². The smallest absolute Gasteiger partial charge is 0.0825 e. The molecule has 2 atom stereocenters. The summed E-state index contributed by atoms with van der Waals surface area (Å²) in [5.41, 5.74) is 3.44. The summed E-state index contributed by atoms with van der Waals surface area (Å²) < 4.78 is 0. The van der Waals surface area contributed by atoms with Crippen molar-refractivity contribution in [3.05, 3.63) is 11.4 Å². The lowest BCUT2D eigenvalue weighted by Gasteiger charge is -2.20. The minimum atomic E-state index is 0.584. The fourth-order valence-corrected chi connectivity index (χ4v) is 3.04. The van der Waals surface area contributed by atoms with Crippen LogP contribution in [0.3, 0.4) is 0 Å². The first-order valence-corrected chi connectivity index (χ1v) is 6.69. The van der Waals surface area contributed by atoms with Crippen LogP contribution in [0.4, 0.5) is 5.69 Å². The molecule has 1 saturated heterocycles. The number of hydrogen-bond donors (Lipinski definition) is 2. The Morgan fingerprint density at radius 2 is 2.12 bits per heavy atom. The van der Waals surface area contributed by atoms with Gasteiger partial charge in [-0.15, -0.1) is 0 Å². The van der Waals surface area contributed by atoms with E-state index in [-0.39, 0.29) is 0 Å². The van der Waals surface area contributed by atoms with Gasteiger partial charge in [0.15, 0.2) is 0 Å². The number of aryl methyl sites for hydroxylation is 2. The summed E-state index contributed by atoms with van der Waals surface area (Å²) >= 11 is 0. The zero-order valence-corrected chi connectivity index (χ0v) is 11.0. The zero-order chi connectivity index (χ0) is 12.0. The number of aromatic amines is 1. The molecule has 0 aromatic carbocycles. The maximum absolute atomic E-state index is 4.24. The van der Waals surface area contributed by atoms with Crippen LogP contribution in [0.2, 0.25) is 0 Å². The van der Waals surface area contributed by atoms with Gasteiger partial charge in [0.2, 0.25) is 0 Å². The van der Waals surface area contributed by atoms with Gasteiger partial charge in [0.25, 0.3) is 0 Å². The number of hydrogen-bond acceptors (Lipinski definition) is 3. The number of nitrogens with zero attached hydrogens (tertiary/aromatic N) is 2. The minimum absolute atomic E-state index is 0.584. The standard InChI is InChI=1S/C13H22N4/c1-8-6-11(7-17(8)12-4-5-12)14-13-9(2)15-16-10(13)3/h8,11-12,14H,4-7H2,1-3H3,(H,15,16). The fourth-order valence-electron chi connectivity index (χ4n) is 3.04. The molecule has 1 aliphatic carbocycles. The molecule has 2 fully saturated rings. The molecule has 1 aliphatic heterocycles. The van der Waals surface area contributed by atoms with Gasteiger partial charge < -0.3 is 5.32 Å². The summed E-state index contributed by atoms with van der Waals surface area (Å²) in [6.45, 7) is 7.69. The fraction of sp³-hybridized carbons (Fsp3) is 0.769. The van der Waals surface area contributed by atoms with Crippen LogP contribution in [-0.4, -0.2) is 39.8 Å². The van der Waals surface area contributed by atoms with Gasteiger partial charge in [0.05, 0.1) is 17.1 Å². The van der Waals surface area contributed by atoms with Crippen LogP contribution in [0.1, 0.15) is 37.6 Å². The van der Waals surface area contributed by atoms with Crippen LogP contribution in [0.15, 0.2) is 0 Å². The van der Waals surface area contributed by atoms with Crippen molar-refractivity contribution in [1.82, 2.24) is 15.1 Å². The molecule has 2 unspecified atom stereocenters. The Morgan fingerprint density at radius 3 is 2.71 bits per heavy atom. The second-order valence-corrected chi connectivity index (χ2v) is 5.66. The molecule has 0 spiro atoms. The van der Waals surface area contributed by atoms with Crippen molar-refractivity contribution in [3.8, 4) is 0 Å². The highest BCUT2D eigenvalue weighted by Crippen LogP contribution is 2.34. The number of nitrogens with one attached hydrogen (secondary N) is 2. The minimum Gasteiger partial charge on any atom is -0.378 e. The van der Waals surface area contributed by atoms with E-state index < -0.39 is 0 Å². The Hall–Kier alpha value is -1.03. The lowest BCUT2D eigenvalue weighted by atomic mass is 10.2. The predicted molar refractivity (Wildman–Crippen MR) is 69.3 cm³/mol. The van der Waals surface area contributed by atoms with Gasteiger partial charge in [0, 0.05) is 24.7 Å². The van der Waals surface area contributed by atoms with Crippen LogP contribution < -0.4 is 5.32 Å². The largest absolute Gasteiger partial charge is 0.378 e. The van der Waals surface area contributed by atoms with E-state index in [2.05, 4.69) is 41.2 Å². The first kappa shape index (κ1) is 11.1. The molecular weight excluding hydrogens is 212 g/mol. The maximum Gasteiger partial charge on any atom is 0.0825 e. The average Bonchev–Trinajstić information content (AvgIpc) is 3.01. The molecule has 1 aromatic rings. The van der Waals surface area contributed by atoms with Crippen LogP contribution >= 0.6 is 0 Å². The lowest BCUT2D eigenvalue weighted by Crippen LogP contribution is -2.31. The molecule has 0 bridgehead atoms. The molecular formula is C13H22N4. The first-order chi connectivity index (χ1) is 8.15. The van der Waals surface area contributed by atoms with Gasteiger partial charge >= 0.3 is 0 Å². The molecule has 2 heterocycles. The van der Waals surface area contributed by atoms with Crippen molar-refractivity contribution < 1.29 is 0 Å². The Kier molecular flexibility index (Phi) is 2.62. The second-order valence-electron chi connectivity index (χ2n) is 5.66. The lowest BCUT2D eigenvalue weighted by molar-refractivity contribution is 0.257. The first-order valence-electron chi connectivity index (χ1n) is 6.69. The molecule has 0 amide bonds. The van der Waals surface area contributed by atoms with Crippen LogP contribution in [0.25, 0.3) is 0 Å². The zero-order valence-electron chi connectivity index (χ0n) is 11.0. The summed E-state index contributed by atoms with van der Waals surface area (Å²) in [4.78, 5) is 2.67. The van der Waals surface area contributed by atoms with E-state index in [1.165, 1.54) is 31.5 Å². The molecule has 17 heavy (non-hydrogen) atoms. The highest BCUT2D eigenvalue weighted by molar-refractivity contribution is 5.52. The summed E-state index contributed by atoms with van der Waals surface area (Å²) in [6, 6.07) is 2.19. The van der Waals surface area contributed by atoms with E-state index in [9.17, 15) is 0 Å². The summed E-state index contributed by atoms with van der Waals surface area (Å²) in [5.74, 6) is 0. The quantitative estimate of drug-likeness (QED) is 0.841. The van der Waals surface area contributed by atoms with E-state index in [0.717, 1.165) is 23.5 Å². The highest BCUT2D eigenvalue weighted by Gasteiger charge is 2.38. The summed E-state index contributed by atoms with van der Waals surface area (Å²) in [5, 5.41) is 10.9. The maximum atomic E-state index is 4.24. The van der Waals surface area contributed by atoms with E-state index in [1.807, 2.05) is 0 Å². The topological polar surface area (TPSA) is 44.0 Å². The molecule has 2 aliphatic rings. The van der Waals surface area contributed by atoms with Gasteiger partial charge in [-0.3, -0.25) is 10.00 Å². The van der Waals surface area contributed by atoms with Crippen molar-refractivity contribution in [3.63, 3.8) is 0 Å². The van der Waals surface area contributed by atoms with Gasteiger partial charge in [-0.25, -0.2) is 0 Å². The van der Waals surface area contributed by atoms with E-state index >= 15 is 0 Å². The van der Waals surface area contributed by atoms with Crippen molar-refractivity contribution in [2.24, 2.45) is 0 Å². The summed E-state index contributed by atoms with van der Waals surface area (Å²) in [6.07, 6.45) is 4.06. The van der Waals surface area contributed by atoms with Gasteiger partial charge in [-0.05, 0) is 40.0 Å². The van der Waals surface area contributed by atoms with Gasteiger partial charge in [-0.2, -0.15) is 5.10 Å². The van der Waals surface area contributed by atoms with E-state index in [1.54, 1.807) is 0 Å². The third-order valence-electron chi connectivity index (χ3n) is 4.12. The molecule has 4 nitrogen and oxygen atoms in total. The Balaban J connectivity index is 1.67. The molecule has 1 aromatic heterocycles. The van der Waals surface area contributed by atoms with E-state index in [0.29, 0.717) is 6.04 Å². The summed E-state index contributed by atoms with van der Waals surface area (Å²) in [7, 11) is 0. The molecule has 2 N–H and O–H groups in total. The van der Waals surface area contributed by atoms with E-state index in [4.69, 9.17) is 0 Å². The monoisotopic (exact) mass is 234 g/mol. The Labute approximate surface area is 103 Å². The molecule has 0 radical (unpaired) electrons. The SMILES string of the molecule is Cc1n[nH]c(C)c1NC1CC(C)N(C2CC2)C1. The predicted octanol–water partition coefficient (Wildman–Crippen LogP) is 2.06. The Bertz CT molecular complexity index is 388. The van der Waals surface area contributed by atoms with Gasteiger partial charge in [-0.1, -0.05) is 0 Å². The van der Waals surface area contributed by atoms with Crippen LogP contribution in [0.5, 0.6) is 0 Å². The second kappa shape index (κ2) is 4.02. The number of H-pyrrole nitrogens is 1. The average molecular weight is 234 g/mol. The third kappa shape index (κ3) is 2.06. The normalized spacial score (nSPS) is 29.8. The number of aromatic nitrogens is 2. The van der Waals surface area contributed by atoms with Crippen molar-refractivity contribution in [2.75, 3.05) is 11.9 Å². The molecule has 1 saturated carbocycles. The van der Waals surface area contributed by atoms with Crippen molar-refractivity contribution in [1.29, 1.82) is 0 Å². The highest BCUT2D eigenvalue weighted by atomic mass is 15.3. The van der Waals surface area contributed by atoms with Crippen LogP contribution in [-0.2, 0) is 0 Å². The Morgan fingerprint density at radius 1 is 1.35 bits per heavy atom. The molecule has 3 rings (SSSR count). The third-order valence-corrected chi connectivity index (χ3v) is 4.12.